The summed E-state index contributed by atoms with van der Waals surface area (Å²) >= 11 is 0. The highest BCUT2D eigenvalue weighted by atomic mass is 16.6. The van der Waals surface area contributed by atoms with Crippen molar-refractivity contribution in [2.45, 2.75) is 231 Å². The highest BCUT2D eigenvalue weighted by Crippen LogP contribution is 2.34. The van der Waals surface area contributed by atoms with Crippen LogP contribution in [0.5, 0.6) is 0 Å². The Morgan fingerprint density at radius 1 is 0.397 bits per heavy atom. The maximum Gasteiger partial charge on any atom is 0.325 e. The molecule has 1 aromatic rings. The molecular formula is C52H84N6O10. The van der Waals surface area contributed by atoms with Gasteiger partial charge < -0.3 is 50.0 Å². The van der Waals surface area contributed by atoms with E-state index in [1.165, 1.54) is 24.3 Å². The lowest BCUT2D eigenvalue weighted by Crippen LogP contribution is -2.60. The smallest absolute Gasteiger partial charge is 0.325 e. The maximum absolute atomic E-state index is 14.6. The lowest BCUT2D eigenvalue weighted by molar-refractivity contribution is -0.159. The van der Waals surface area contributed by atoms with Gasteiger partial charge in [0.2, 0.25) is 0 Å². The van der Waals surface area contributed by atoms with Gasteiger partial charge in [0.1, 0.15) is 50.6 Å². The number of carbonyl (C=O) groups excluding carboxylic acids is 6. The van der Waals surface area contributed by atoms with Crippen molar-refractivity contribution in [2.75, 3.05) is 26.2 Å². The quantitative estimate of drug-likeness (QED) is 0.126. The Morgan fingerprint density at radius 3 is 0.779 bits per heavy atom. The fourth-order valence-corrected chi connectivity index (χ4v) is 12.3. The molecule has 0 bridgehead atoms. The molecule has 16 nitrogen and oxygen atoms in total. The SMILES string of the molecule is CC1(C)CC(OC(=O)CN(CC(=O)OC2CC(C)(C)NC(C)(C)C2)C(=O)c2cccc(C(=O)N(CC(=O)OC3CC(C)(C)NC(C)(C)C3)CC(=O)OC3CC(C)(C)NC(C)(C)C3)c2)CC(C)(C)N1. The Labute approximate surface area is 405 Å². The van der Waals surface area contributed by atoms with Crippen molar-refractivity contribution < 1.29 is 47.7 Å². The van der Waals surface area contributed by atoms with E-state index in [0.29, 0.717) is 51.4 Å². The number of ether oxygens (including phenoxy) is 4. The monoisotopic (exact) mass is 953 g/mol. The maximum atomic E-state index is 14.6. The Hall–Kier alpha value is -4.12. The first-order chi connectivity index (χ1) is 30.9. The molecule has 68 heavy (non-hydrogen) atoms. The number of nitrogens with zero attached hydrogens (tertiary/aromatic N) is 2. The number of nitrogens with one attached hydrogen (secondary N) is 4. The summed E-state index contributed by atoms with van der Waals surface area (Å²) < 4.78 is 24.0. The molecule has 0 saturated carbocycles. The molecular weight excluding hydrogens is 869 g/mol. The summed E-state index contributed by atoms with van der Waals surface area (Å²) in [6.07, 6.45) is 2.59. The van der Waals surface area contributed by atoms with Gasteiger partial charge in [-0.05, 0) is 129 Å². The van der Waals surface area contributed by atoms with E-state index >= 15 is 0 Å². The number of hydrogen-bond acceptors (Lipinski definition) is 14. The first-order valence-corrected chi connectivity index (χ1v) is 24.5. The van der Waals surface area contributed by atoms with E-state index in [0.717, 1.165) is 9.80 Å². The molecule has 0 spiro atoms. The average molecular weight is 953 g/mol. The van der Waals surface area contributed by atoms with Crippen LogP contribution in [0.25, 0.3) is 0 Å². The number of esters is 4. The molecule has 4 N–H and O–H groups in total. The van der Waals surface area contributed by atoms with Gasteiger partial charge in [0.05, 0.1) is 0 Å². The third-order valence-electron chi connectivity index (χ3n) is 13.0. The second-order valence-corrected chi connectivity index (χ2v) is 25.6. The molecule has 382 valence electrons. The first-order valence-electron chi connectivity index (χ1n) is 24.5. The summed E-state index contributed by atoms with van der Waals surface area (Å²) in [5.74, 6) is -4.20. The lowest BCUT2D eigenvalue weighted by atomic mass is 9.81. The van der Waals surface area contributed by atoms with E-state index in [9.17, 15) is 28.8 Å². The topological polar surface area (TPSA) is 194 Å². The number of piperidine rings is 4. The summed E-state index contributed by atoms with van der Waals surface area (Å²) in [6, 6.07) is 5.80. The van der Waals surface area contributed by atoms with Gasteiger partial charge in [-0.25, -0.2) is 0 Å². The van der Waals surface area contributed by atoms with Crippen LogP contribution in [0, 0.1) is 0 Å². The predicted octanol–water partition coefficient (Wildman–Crippen LogP) is 5.98. The van der Waals surface area contributed by atoms with Gasteiger partial charge in [0.15, 0.2) is 0 Å². The Bertz CT molecular complexity index is 1750. The van der Waals surface area contributed by atoms with Gasteiger partial charge in [0, 0.05) is 107 Å². The van der Waals surface area contributed by atoms with Gasteiger partial charge in [0.25, 0.3) is 11.8 Å². The highest BCUT2D eigenvalue weighted by Gasteiger charge is 2.44. The van der Waals surface area contributed by atoms with Crippen molar-refractivity contribution in [2.24, 2.45) is 0 Å². The van der Waals surface area contributed by atoms with Crippen LogP contribution < -0.4 is 21.3 Å². The molecule has 2 amide bonds. The van der Waals surface area contributed by atoms with Crippen LogP contribution in [0.3, 0.4) is 0 Å². The fourth-order valence-electron chi connectivity index (χ4n) is 12.3. The van der Waals surface area contributed by atoms with Crippen molar-refractivity contribution in [1.82, 2.24) is 31.1 Å². The van der Waals surface area contributed by atoms with Crippen molar-refractivity contribution in [1.29, 1.82) is 0 Å². The third-order valence-corrected chi connectivity index (χ3v) is 13.0. The van der Waals surface area contributed by atoms with E-state index in [-0.39, 0.29) is 55.4 Å². The van der Waals surface area contributed by atoms with E-state index < -0.39 is 86.3 Å². The van der Waals surface area contributed by atoms with Crippen molar-refractivity contribution in [3.05, 3.63) is 35.4 Å². The normalized spacial score (nSPS) is 23.9. The number of benzene rings is 1. The number of carbonyl (C=O) groups is 6. The Kier molecular flexibility index (Phi) is 16.1. The van der Waals surface area contributed by atoms with Crippen LogP contribution in [0.2, 0.25) is 0 Å². The average Bonchev–Trinajstić information content (AvgIpc) is 3.08. The Balaban J connectivity index is 1.40. The summed E-state index contributed by atoms with van der Waals surface area (Å²) in [5.41, 5.74) is -2.58. The van der Waals surface area contributed by atoms with Crippen molar-refractivity contribution in [3.63, 3.8) is 0 Å². The fraction of sp³-hybridized carbons (Fsp3) is 0.769. The Morgan fingerprint density at radius 2 is 0.588 bits per heavy atom. The van der Waals surface area contributed by atoms with E-state index in [2.05, 4.69) is 21.3 Å². The molecule has 5 rings (SSSR count). The standard InChI is InChI=1S/C52H84N6O10/c1-45(2)21-35(22-46(3,4)53-45)65-39(59)29-57(30-40(60)66-36-23-47(5,6)54-48(7,8)24-36)43(63)33-18-17-19-34(20-33)44(64)58(31-41(61)67-37-25-49(9,10)55-50(11,12)26-37)32-42(62)68-38-27-51(13,14)56-52(15,16)28-38/h17-20,35-38,53-56H,21-32H2,1-16H3. The molecule has 1 aromatic carbocycles. The zero-order valence-electron chi connectivity index (χ0n) is 44.1. The van der Waals surface area contributed by atoms with Crippen molar-refractivity contribution >= 4 is 35.7 Å². The van der Waals surface area contributed by atoms with Gasteiger partial charge in [-0.2, -0.15) is 0 Å². The summed E-state index contributed by atoms with van der Waals surface area (Å²) in [4.78, 5) is 86.4. The van der Waals surface area contributed by atoms with Crippen LogP contribution >= 0.6 is 0 Å². The minimum absolute atomic E-state index is 0.00634. The zero-order chi connectivity index (χ0) is 51.1. The summed E-state index contributed by atoms with van der Waals surface area (Å²) in [6.45, 7) is 30.4. The van der Waals surface area contributed by atoms with Crippen LogP contribution in [0.1, 0.15) is 183 Å². The number of rotatable bonds is 14. The summed E-state index contributed by atoms with van der Waals surface area (Å²) in [7, 11) is 0. The van der Waals surface area contributed by atoms with Crippen LogP contribution in [0.15, 0.2) is 24.3 Å². The molecule has 4 fully saturated rings. The minimum Gasteiger partial charge on any atom is -0.461 e. The molecule has 0 aromatic heterocycles. The van der Waals surface area contributed by atoms with Crippen molar-refractivity contribution in [3.8, 4) is 0 Å². The molecule has 0 aliphatic carbocycles. The van der Waals surface area contributed by atoms with Gasteiger partial charge >= 0.3 is 23.9 Å². The largest absolute Gasteiger partial charge is 0.461 e. The zero-order valence-corrected chi connectivity index (χ0v) is 44.1. The van der Waals surface area contributed by atoms with Gasteiger partial charge in [-0.3, -0.25) is 28.8 Å². The lowest BCUT2D eigenvalue weighted by Gasteiger charge is -2.46. The molecule has 16 heteroatoms. The first kappa shape index (κ1) is 54.8. The molecule has 4 aliphatic heterocycles. The van der Waals surface area contributed by atoms with Gasteiger partial charge in [-0.1, -0.05) is 6.07 Å². The van der Waals surface area contributed by atoms with E-state index in [1.54, 1.807) is 0 Å². The molecule has 0 atom stereocenters. The van der Waals surface area contributed by atoms with Crippen LogP contribution in [-0.2, 0) is 38.1 Å². The molecule has 4 heterocycles. The highest BCUT2D eigenvalue weighted by molar-refractivity contribution is 6.02. The van der Waals surface area contributed by atoms with Crippen LogP contribution in [0.4, 0.5) is 0 Å². The number of hydrogen-bond donors (Lipinski definition) is 4. The molecule has 0 unspecified atom stereocenters. The number of amides is 2. The van der Waals surface area contributed by atoms with E-state index in [1.807, 2.05) is 111 Å². The third kappa shape index (κ3) is 16.5. The molecule has 4 saturated heterocycles. The molecule has 0 radical (unpaired) electrons. The van der Waals surface area contributed by atoms with Crippen LogP contribution in [-0.4, -0.2) is 140 Å². The van der Waals surface area contributed by atoms with Gasteiger partial charge in [-0.15, -0.1) is 0 Å². The molecule has 4 aliphatic rings. The minimum atomic E-state index is -0.719. The second kappa shape index (κ2) is 19.9. The second-order valence-electron chi connectivity index (χ2n) is 25.6. The predicted molar refractivity (Wildman–Crippen MR) is 260 cm³/mol. The summed E-state index contributed by atoms with van der Waals surface area (Å²) in [5, 5.41) is 14.3. The van der Waals surface area contributed by atoms with E-state index in [4.69, 9.17) is 18.9 Å².